The Bertz CT molecular complexity index is 541. The molecule has 0 radical (unpaired) electrons. The molecule has 1 aliphatic carbocycles. The summed E-state index contributed by atoms with van der Waals surface area (Å²) in [4.78, 5) is 0. The molecule has 1 aliphatic rings. The summed E-state index contributed by atoms with van der Waals surface area (Å²) in [7, 11) is 1.70. The van der Waals surface area contributed by atoms with E-state index in [1.165, 1.54) is 18.5 Å². The molecule has 1 aromatic heterocycles. The van der Waals surface area contributed by atoms with Gasteiger partial charge in [0.05, 0.1) is 18.5 Å². The van der Waals surface area contributed by atoms with Crippen LogP contribution in [0.4, 0.5) is 0 Å². The second-order valence-electron chi connectivity index (χ2n) is 4.61. The fourth-order valence-corrected chi connectivity index (χ4v) is 2.08. The predicted molar refractivity (Wildman–Crippen MR) is 66.8 cm³/mol. The van der Waals surface area contributed by atoms with Gasteiger partial charge in [0, 0.05) is 12.1 Å². The highest BCUT2D eigenvalue weighted by molar-refractivity contribution is 5.43. The van der Waals surface area contributed by atoms with Gasteiger partial charge in [-0.3, -0.25) is 0 Å². The molecule has 3 heteroatoms. The van der Waals surface area contributed by atoms with E-state index in [1.807, 2.05) is 29.9 Å². The lowest BCUT2D eigenvalue weighted by atomic mass is 10.2. The van der Waals surface area contributed by atoms with Crippen molar-refractivity contribution in [2.75, 3.05) is 7.11 Å². The fourth-order valence-electron chi connectivity index (χ4n) is 2.08. The maximum atomic E-state index is 5.26. The Hall–Kier alpha value is -1.77. The quantitative estimate of drug-likeness (QED) is 0.807. The van der Waals surface area contributed by atoms with E-state index < -0.39 is 0 Å². The molecule has 0 bridgehead atoms. The van der Waals surface area contributed by atoms with Crippen LogP contribution in [0.5, 0.6) is 5.75 Å². The number of hydrogen-bond acceptors (Lipinski definition) is 2. The molecule has 88 valence electrons. The van der Waals surface area contributed by atoms with Crippen LogP contribution in [0.3, 0.4) is 0 Å². The second-order valence-corrected chi connectivity index (χ2v) is 4.61. The predicted octanol–water partition coefficient (Wildman–Crippen LogP) is 3.07. The van der Waals surface area contributed by atoms with E-state index >= 15 is 0 Å². The SMILES string of the molecule is COc1ccc(-n2ccc(C3CC3)n2)cc1C. The minimum atomic E-state index is 0.704. The third kappa shape index (κ3) is 1.93. The highest BCUT2D eigenvalue weighted by Gasteiger charge is 2.25. The zero-order valence-corrected chi connectivity index (χ0v) is 10.2. The van der Waals surface area contributed by atoms with E-state index in [1.54, 1.807) is 7.11 Å². The van der Waals surface area contributed by atoms with Gasteiger partial charge in [-0.15, -0.1) is 0 Å². The Morgan fingerprint density at radius 1 is 1.29 bits per heavy atom. The first kappa shape index (κ1) is 10.4. The van der Waals surface area contributed by atoms with Gasteiger partial charge in [0.1, 0.15) is 5.75 Å². The van der Waals surface area contributed by atoms with Crippen LogP contribution < -0.4 is 4.74 Å². The van der Waals surface area contributed by atoms with Crippen LogP contribution in [0.25, 0.3) is 5.69 Å². The minimum absolute atomic E-state index is 0.704. The largest absolute Gasteiger partial charge is 0.496 e. The maximum absolute atomic E-state index is 5.26. The molecule has 1 aromatic carbocycles. The van der Waals surface area contributed by atoms with Gasteiger partial charge >= 0.3 is 0 Å². The van der Waals surface area contributed by atoms with E-state index in [4.69, 9.17) is 4.74 Å². The first-order valence-corrected chi connectivity index (χ1v) is 5.98. The van der Waals surface area contributed by atoms with Crippen molar-refractivity contribution < 1.29 is 4.74 Å². The lowest BCUT2D eigenvalue weighted by molar-refractivity contribution is 0.411. The van der Waals surface area contributed by atoms with Crippen LogP contribution in [-0.4, -0.2) is 16.9 Å². The van der Waals surface area contributed by atoms with Crippen molar-refractivity contribution in [1.29, 1.82) is 0 Å². The number of nitrogens with zero attached hydrogens (tertiary/aromatic N) is 2. The van der Waals surface area contributed by atoms with Crippen molar-refractivity contribution >= 4 is 0 Å². The minimum Gasteiger partial charge on any atom is -0.496 e. The van der Waals surface area contributed by atoms with Crippen molar-refractivity contribution in [2.45, 2.75) is 25.7 Å². The van der Waals surface area contributed by atoms with Crippen LogP contribution in [0.1, 0.15) is 30.0 Å². The van der Waals surface area contributed by atoms with Gasteiger partial charge < -0.3 is 4.74 Å². The van der Waals surface area contributed by atoms with Gasteiger partial charge in [-0.2, -0.15) is 5.10 Å². The Labute approximate surface area is 101 Å². The fraction of sp³-hybridized carbons (Fsp3) is 0.357. The molecule has 2 aromatic rings. The average molecular weight is 228 g/mol. The normalized spacial score (nSPS) is 14.9. The molecule has 3 rings (SSSR count). The van der Waals surface area contributed by atoms with Crippen LogP contribution in [0.2, 0.25) is 0 Å². The summed E-state index contributed by atoms with van der Waals surface area (Å²) in [6, 6.07) is 8.25. The zero-order valence-electron chi connectivity index (χ0n) is 10.2. The van der Waals surface area contributed by atoms with Crippen molar-refractivity contribution in [3.63, 3.8) is 0 Å². The monoisotopic (exact) mass is 228 g/mol. The third-order valence-electron chi connectivity index (χ3n) is 3.25. The molecule has 3 nitrogen and oxygen atoms in total. The van der Waals surface area contributed by atoms with Gasteiger partial charge in [0.25, 0.3) is 0 Å². The van der Waals surface area contributed by atoms with Gasteiger partial charge in [-0.25, -0.2) is 4.68 Å². The number of ether oxygens (including phenoxy) is 1. The lowest BCUT2D eigenvalue weighted by Gasteiger charge is -2.07. The molecule has 1 saturated carbocycles. The van der Waals surface area contributed by atoms with Crippen molar-refractivity contribution in [3.05, 3.63) is 41.7 Å². The number of hydrogen-bond donors (Lipinski definition) is 0. The molecular weight excluding hydrogens is 212 g/mol. The number of methoxy groups -OCH3 is 1. The van der Waals surface area contributed by atoms with Crippen molar-refractivity contribution in [1.82, 2.24) is 9.78 Å². The Kier molecular flexibility index (Phi) is 2.39. The lowest BCUT2D eigenvalue weighted by Crippen LogP contribution is -1.97. The molecular formula is C14H16N2O. The Balaban J connectivity index is 1.93. The standard InChI is InChI=1S/C14H16N2O/c1-10-9-12(5-6-14(10)17-2)16-8-7-13(15-16)11-3-4-11/h5-9,11H,3-4H2,1-2H3. The molecule has 0 saturated heterocycles. The number of benzene rings is 1. The van der Waals surface area contributed by atoms with Gasteiger partial charge in [0.2, 0.25) is 0 Å². The highest BCUT2D eigenvalue weighted by atomic mass is 16.5. The summed E-state index contributed by atoms with van der Waals surface area (Å²) >= 11 is 0. The summed E-state index contributed by atoms with van der Waals surface area (Å²) in [6.07, 6.45) is 4.62. The van der Waals surface area contributed by atoms with E-state index in [0.717, 1.165) is 17.0 Å². The van der Waals surface area contributed by atoms with Crippen LogP contribution in [0, 0.1) is 6.92 Å². The van der Waals surface area contributed by atoms with Crippen LogP contribution >= 0.6 is 0 Å². The second kappa shape index (κ2) is 3.91. The van der Waals surface area contributed by atoms with E-state index in [0.29, 0.717) is 5.92 Å². The van der Waals surface area contributed by atoms with Gasteiger partial charge in [-0.1, -0.05) is 0 Å². The first-order chi connectivity index (χ1) is 8.28. The summed E-state index contributed by atoms with van der Waals surface area (Å²) in [5, 5.41) is 4.61. The van der Waals surface area contributed by atoms with E-state index in [2.05, 4.69) is 17.2 Å². The molecule has 0 atom stereocenters. The molecule has 1 fully saturated rings. The topological polar surface area (TPSA) is 27.1 Å². The molecule has 0 spiro atoms. The Morgan fingerprint density at radius 3 is 2.76 bits per heavy atom. The third-order valence-corrected chi connectivity index (χ3v) is 3.25. The van der Waals surface area contributed by atoms with Crippen LogP contribution in [-0.2, 0) is 0 Å². The molecule has 0 amide bonds. The molecule has 0 aliphatic heterocycles. The first-order valence-electron chi connectivity index (χ1n) is 5.98. The van der Waals surface area contributed by atoms with Crippen molar-refractivity contribution in [3.8, 4) is 11.4 Å². The van der Waals surface area contributed by atoms with Crippen molar-refractivity contribution in [2.24, 2.45) is 0 Å². The number of rotatable bonds is 3. The molecule has 1 heterocycles. The number of aromatic nitrogens is 2. The molecule has 0 N–H and O–H groups in total. The summed E-state index contributed by atoms with van der Waals surface area (Å²) < 4.78 is 7.20. The zero-order chi connectivity index (χ0) is 11.8. The smallest absolute Gasteiger partial charge is 0.121 e. The average Bonchev–Trinajstić information content (AvgIpc) is 3.07. The van der Waals surface area contributed by atoms with Gasteiger partial charge in [-0.05, 0) is 49.6 Å². The Morgan fingerprint density at radius 2 is 2.12 bits per heavy atom. The maximum Gasteiger partial charge on any atom is 0.121 e. The highest BCUT2D eigenvalue weighted by Crippen LogP contribution is 2.39. The van der Waals surface area contributed by atoms with Crippen LogP contribution in [0.15, 0.2) is 30.5 Å². The molecule has 17 heavy (non-hydrogen) atoms. The molecule has 0 unspecified atom stereocenters. The summed E-state index contributed by atoms with van der Waals surface area (Å²) in [5.74, 6) is 1.62. The van der Waals surface area contributed by atoms with Gasteiger partial charge in [0.15, 0.2) is 0 Å². The summed E-state index contributed by atoms with van der Waals surface area (Å²) in [5.41, 5.74) is 3.45. The van der Waals surface area contributed by atoms with E-state index in [9.17, 15) is 0 Å². The number of aryl methyl sites for hydroxylation is 1. The summed E-state index contributed by atoms with van der Waals surface area (Å²) in [6.45, 7) is 2.05. The van der Waals surface area contributed by atoms with E-state index in [-0.39, 0.29) is 0 Å².